The number of hydrogen-bond donors (Lipinski definition) is 3. The first-order chi connectivity index (χ1) is 47.5. The maximum absolute atomic E-state index is 13.7. The number of nitrogen functional groups attached to an aromatic ring is 1. The number of aliphatic carboxylic acids is 1. The van der Waals surface area contributed by atoms with Crippen LogP contribution in [0.15, 0.2) is 91.0 Å². The summed E-state index contributed by atoms with van der Waals surface area (Å²) in [5.41, 5.74) is 8.88. The van der Waals surface area contributed by atoms with E-state index in [-0.39, 0.29) is 53.8 Å². The third-order valence-electron chi connectivity index (χ3n) is 15.2. The summed E-state index contributed by atoms with van der Waals surface area (Å²) in [6, 6.07) is 30.1. The van der Waals surface area contributed by atoms with Crippen molar-refractivity contribution in [3.63, 3.8) is 0 Å². The van der Waals surface area contributed by atoms with E-state index in [9.17, 15) is 28.8 Å². The summed E-state index contributed by atoms with van der Waals surface area (Å²) < 4.78 is 56.5. The van der Waals surface area contributed by atoms with Gasteiger partial charge in [0.05, 0.1) is 44.8 Å². The molecule has 4 fully saturated rings. The highest BCUT2D eigenvalue weighted by Crippen LogP contribution is 2.44. The number of pyridine rings is 1. The van der Waals surface area contributed by atoms with Crippen LogP contribution in [0.25, 0.3) is 11.3 Å². The number of Topliss-reactive ketones (excluding diaryl/α,β-unsaturated/α-hetero) is 1. The maximum atomic E-state index is 13.7. The van der Waals surface area contributed by atoms with Crippen LogP contribution in [0.2, 0.25) is 0 Å². The molecule has 0 spiro atoms. The Kier molecular flexibility index (Phi) is 32.9. The first-order valence-corrected chi connectivity index (χ1v) is 34.3. The fraction of sp³-hybridized carbons (Fsp3) is 0.526. The number of anilines is 1. The molecule has 3 heterocycles. The quantitative estimate of drug-likeness (QED) is 0.0282. The summed E-state index contributed by atoms with van der Waals surface area (Å²) in [6.07, 6.45) is 7.98. The van der Waals surface area contributed by atoms with Crippen LogP contribution >= 0.6 is 0 Å². The smallest absolute Gasteiger partial charge is 0.410 e. The van der Waals surface area contributed by atoms with E-state index < -0.39 is 40.3 Å². The lowest BCUT2D eigenvalue weighted by atomic mass is 9.86. The Bertz CT molecular complexity index is 3590. The summed E-state index contributed by atoms with van der Waals surface area (Å²) in [5, 5.41) is 15.5. The molecule has 0 radical (unpaired) electrons. The SMILES string of the molecule is CC(=O)O.CC(C)(C)OC(=O)CC#N.CC(C)(C)OC(=O)N1CCCC(C=O)C1.COc1ccc(COc2cccc(OCC3CC3)c2-c2cc(C3CCCN(C(=O)OC(C)(C)C)C3)c(C(=O)OC(C)(C)C)c(N)n2)cc1.COc1ccc(COc2cccc(OCC3CC3)c2C(C)=O)cc1.N. The average molecular weight is 1420 g/mol. The van der Waals surface area contributed by atoms with Crippen molar-refractivity contribution in [1.29, 1.82) is 5.26 Å². The third-order valence-corrected chi connectivity index (χ3v) is 15.2. The number of carboxylic acids is 1. The lowest BCUT2D eigenvalue weighted by molar-refractivity contribution is -0.153. The van der Waals surface area contributed by atoms with Gasteiger partial charge in [-0.15, -0.1) is 0 Å². The lowest BCUT2D eigenvalue weighted by Gasteiger charge is -2.35. The molecule has 102 heavy (non-hydrogen) atoms. The molecule has 4 aliphatic rings. The van der Waals surface area contributed by atoms with Gasteiger partial charge in [0.25, 0.3) is 5.97 Å². The Morgan fingerprint density at radius 2 is 1.01 bits per heavy atom. The van der Waals surface area contributed by atoms with Gasteiger partial charge in [0.2, 0.25) is 0 Å². The molecule has 2 aliphatic heterocycles. The molecular weight excluding hydrogens is 1310 g/mol. The zero-order valence-electron chi connectivity index (χ0n) is 62.5. The number of ketones is 1. The van der Waals surface area contributed by atoms with E-state index >= 15 is 0 Å². The fourth-order valence-electron chi connectivity index (χ4n) is 10.2. The van der Waals surface area contributed by atoms with Crippen LogP contribution in [-0.4, -0.2) is 138 Å². The van der Waals surface area contributed by atoms with Gasteiger partial charge < -0.3 is 79.0 Å². The number of ether oxygens (including phenoxy) is 10. The second kappa shape index (κ2) is 39.5. The van der Waals surface area contributed by atoms with Crippen molar-refractivity contribution in [3.8, 4) is 51.8 Å². The van der Waals surface area contributed by atoms with Crippen LogP contribution in [0.4, 0.5) is 15.4 Å². The zero-order chi connectivity index (χ0) is 74.8. The van der Waals surface area contributed by atoms with E-state index in [4.69, 9.17) is 73.2 Å². The largest absolute Gasteiger partial charge is 0.497 e. The summed E-state index contributed by atoms with van der Waals surface area (Å²) in [6.45, 7) is 28.5. The van der Waals surface area contributed by atoms with Gasteiger partial charge in [0, 0.05) is 44.9 Å². The first kappa shape index (κ1) is 84.8. The number of hydrogen-bond acceptors (Lipinski definition) is 21. The number of benzene rings is 4. The van der Waals surface area contributed by atoms with Crippen molar-refractivity contribution in [3.05, 3.63) is 119 Å². The third kappa shape index (κ3) is 30.7. The normalized spacial score (nSPS) is 15.5. The highest BCUT2D eigenvalue weighted by Gasteiger charge is 2.35. The van der Waals surface area contributed by atoms with Gasteiger partial charge in [-0.2, -0.15) is 5.26 Å². The number of likely N-dealkylation sites (tertiary alicyclic amines) is 2. The Hall–Kier alpha value is -9.63. The minimum atomic E-state index is -0.833. The molecule has 2 atom stereocenters. The van der Waals surface area contributed by atoms with Crippen LogP contribution in [0.3, 0.4) is 0 Å². The Labute approximate surface area is 601 Å². The summed E-state index contributed by atoms with van der Waals surface area (Å²) in [7, 11) is 3.27. The Morgan fingerprint density at radius 1 is 0.588 bits per heavy atom. The van der Waals surface area contributed by atoms with Crippen LogP contribution in [-0.2, 0) is 46.5 Å². The van der Waals surface area contributed by atoms with E-state index in [1.165, 1.54) is 12.8 Å². The summed E-state index contributed by atoms with van der Waals surface area (Å²) in [5.74, 6) is 2.99. The van der Waals surface area contributed by atoms with Gasteiger partial charge in [-0.3, -0.25) is 14.4 Å². The van der Waals surface area contributed by atoms with Crippen LogP contribution in [0.5, 0.6) is 34.5 Å². The van der Waals surface area contributed by atoms with Crippen molar-refractivity contribution in [1.82, 2.24) is 20.9 Å². The number of nitrogens with two attached hydrogens (primary N) is 1. The zero-order valence-corrected chi connectivity index (χ0v) is 62.5. The number of amides is 2. The number of methoxy groups -OCH3 is 2. The molecule has 1 aromatic heterocycles. The number of nitrogens with zero attached hydrogens (tertiary/aromatic N) is 4. The van der Waals surface area contributed by atoms with Gasteiger partial charge in [-0.25, -0.2) is 19.4 Å². The standard InChI is InChI=1S/C38H49N3O7.C20H22O4.C11H19NO3.C7H11NO2.C2H4O2.H3N/c1-37(2,3)47-35(42)32-28(26-10-9-19-41(21-26)36(43)48-38(4,5)6)20-29(40-34(32)39)33-30(45-22-24-13-14-24)11-8-12-31(33)46-23-25-15-17-27(44-7)18-16-25;1-14(21)20-18(23-12-15-6-7-15)4-3-5-19(20)24-13-16-8-10-17(22-2)11-9-16;1-11(2,3)15-10(14)12-6-4-5-9(7-12)8-13;1-7(2,3)10-6(9)4-5-8;1-2(3)4;/h8,11-12,15-18,20,24,26H,9-10,13-14,19,21-23H2,1-7H3,(H2,39,40);3-5,8-11,15H,6-7,12-13H2,1-2H3;8-9H,4-7H2,1-3H3;4H2,1-3H3;1H3,(H,3,4);1H3. The van der Waals surface area contributed by atoms with Crippen molar-refractivity contribution in [2.24, 2.45) is 17.8 Å². The monoisotopic (exact) mass is 1420 g/mol. The molecular formula is C78H108N6O18. The molecule has 9 rings (SSSR count). The molecule has 6 N–H and O–H groups in total. The van der Waals surface area contributed by atoms with Gasteiger partial charge in [0.1, 0.15) is 99.8 Å². The van der Waals surface area contributed by atoms with E-state index in [1.54, 1.807) is 57.8 Å². The van der Waals surface area contributed by atoms with Crippen molar-refractivity contribution in [2.75, 3.05) is 59.3 Å². The van der Waals surface area contributed by atoms with E-state index in [1.807, 2.05) is 153 Å². The van der Waals surface area contributed by atoms with Crippen LogP contribution in [0, 0.1) is 29.1 Å². The van der Waals surface area contributed by atoms with Crippen molar-refractivity contribution < 1.29 is 86.0 Å². The minimum absolute atomic E-state index is 0. The number of rotatable bonds is 20. The molecule has 24 nitrogen and oxygen atoms in total. The number of carbonyl (C=O) groups excluding carboxylic acids is 6. The number of carbonyl (C=O) groups is 7. The Morgan fingerprint density at radius 3 is 1.44 bits per heavy atom. The number of aromatic nitrogens is 1. The number of nitriles is 1. The van der Waals surface area contributed by atoms with Crippen LogP contribution in [0.1, 0.15) is 198 Å². The van der Waals surface area contributed by atoms with Crippen LogP contribution < -0.4 is 40.3 Å². The number of esters is 2. The summed E-state index contributed by atoms with van der Waals surface area (Å²) >= 11 is 0. The molecule has 4 aromatic carbocycles. The molecule has 2 saturated carbocycles. The number of carboxylic acid groups (broad SMARTS) is 1. The van der Waals surface area contributed by atoms with Gasteiger partial charge in [0.15, 0.2) is 5.78 Å². The molecule has 24 heteroatoms. The van der Waals surface area contributed by atoms with E-state index in [2.05, 4.69) is 0 Å². The van der Waals surface area contributed by atoms with Crippen molar-refractivity contribution in [2.45, 2.75) is 196 Å². The molecule has 5 aromatic rings. The highest BCUT2D eigenvalue weighted by molar-refractivity contribution is 6.00. The minimum Gasteiger partial charge on any atom is -0.497 e. The molecule has 2 saturated heterocycles. The van der Waals surface area contributed by atoms with E-state index in [0.29, 0.717) is 110 Å². The highest BCUT2D eigenvalue weighted by atomic mass is 16.6. The van der Waals surface area contributed by atoms with Gasteiger partial charge in [-0.1, -0.05) is 36.4 Å². The summed E-state index contributed by atoms with van der Waals surface area (Å²) in [4.78, 5) is 88.9. The average Bonchev–Trinajstić information content (AvgIpc) is 1.08. The first-order valence-electron chi connectivity index (χ1n) is 34.3. The van der Waals surface area contributed by atoms with Gasteiger partial charge in [-0.05, 0) is 224 Å². The molecule has 558 valence electrons. The molecule has 2 unspecified atom stereocenters. The predicted molar refractivity (Wildman–Crippen MR) is 388 cm³/mol. The molecule has 2 amide bonds. The fourth-order valence-corrected chi connectivity index (χ4v) is 10.2. The molecule has 2 aliphatic carbocycles. The second-order valence-corrected chi connectivity index (χ2v) is 29.1. The molecule has 0 bridgehead atoms. The van der Waals surface area contributed by atoms with E-state index in [0.717, 1.165) is 74.4 Å². The Balaban J connectivity index is 0.000000335. The number of aldehydes is 1. The lowest BCUT2D eigenvalue weighted by Crippen LogP contribution is -2.43. The predicted octanol–water partition coefficient (Wildman–Crippen LogP) is 15.4. The maximum Gasteiger partial charge on any atom is 0.410 e. The van der Waals surface area contributed by atoms with Gasteiger partial charge >= 0.3 is 24.1 Å². The topological polar surface area (TPSA) is 336 Å². The second-order valence-electron chi connectivity index (χ2n) is 29.1. The van der Waals surface area contributed by atoms with Crippen molar-refractivity contribution >= 4 is 48.0 Å². The number of piperidine rings is 2.